The van der Waals surface area contributed by atoms with Crippen LogP contribution in [-0.2, 0) is 11.2 Å². The zero-order chi connectivity index (χ0) is 13.1. The number of methoxy groups -OCH3 is 1. The van der Waals surface area contributed by atoms with Gasteiger partial charge in [0.2, 0.25) is 0 Å². The number of ether oxygens (including phenoxy) is 1. The summed E-state index contributed by atoms with van der Waals surface area (Å²) in [5.74, 6) is 0. The standard InChI is InChI=1S/C16H18N2O/c1-19-16-15-10-6-5-7-13(15)11-12-18(16)17-14-8-3-2-4-9-14/h2-10,16-17H,11-12H2,1H3/t16-/m0/s1. The van der Waals surface area contributed by atoms with Gasteiger partial charge in [0.05, 0.1) is 0 Å². The van der Waals surface area contributed by atoms with Crippen LogP contribution in [0.4, 0.5) is 5.69 Å². The lowest BCUT2D eigenvalue weighted by atomic mass is 9.99. The van der Waals surface area contributed by atoms with Crippen LogP contribution in [0.5, 0.6) is 0 Å². The fraction of sp³-hybridized carbons (Fsp3) is 0.250. The molecule has 0 aromatic heterocycles. The average molecular weight is 254 g/mol. The lowest BCUT2D eigenvalue weighted by Crippen LogP contribution is -2.40. The number of fused-ring (bicyclic) bond motifs is 1. The Morgan fingerprint density at radius 3 is 2.58 bits per heavy atom. The van der Waals surface area contributed by atoms with E-state index < -0.39 is 0 Å². The van der Waals surface area contributed by atoms with Crippen LogP contribution in [0.1, 0.15) is 17.4 Å². The first-order valence-electron chi connectivity index (χ1n) is 6.57. The van der Waals surface area contributed by atoms with Gasteiger partial charge >= 0.3 is 0 Å². The molecule has 0 spiro atoms. The van der Waals surface area contributed by atoms with Crippen molar-refractivity contribution in [2.45, 2.75) is 12.6 Å². The van der Waals surface area contributed by atoms with Crippen LogP contribution in [0.25, 0.3) is 0 Å². The second-order valence-corrected chi connectivity index (χ2v) is 4.71. The molecule has 1 aliphatic heterocycles. The molecular formula is C16H18N2O. The van der Waals surface area contributed by atoms with Crippen molar-refractivity contribution in [3.8, 4) is 0 Å². The number of hydrogen-bond acceptors (Lipinski definition) is 3. The van der Waals surface area contributed by atoms with Crippen molar-refractivity contribution in [1.82, 2.24) is 5.01 Å². The third-order valence-electron chi connectivity index (χ3n) is 3.50. The molecule has 0 radical (unpaired) electrons. The van der Waals surface area contributed by atoms with Gasteiger partial charge in [0, 0.05) is 24.9 Å². The summed E-state index contributed by atoms with van der Waals surface area (Å²) in [6, 6.07) is 18.7. The van der Waals surface area contributed by atoms with Gasteiger partial charge in [0.15, 0.2) is 6.23 Å². The van der Waals surface area contributed by atoms with Gasteiger partial charge in [-0.15, -0.1) is 0 Å². The normalized spacial score (nSPS) is 18.9. The van der Waals surface area contributed by atoms with E-state index in [1.807, 2.05) is 18.2 Å². The second kappa shape index (κ2) is 5.43. The van der Waals surface area contributed by atoms with E-state index in [2.05, 4.69) is 46.8 Å². The summed E-state index contributed by atoms with van der Waals surface area (Å²) < 4.78 is 5.67. The monoisotopic (exact) mass is 254 g/mol. The Balaban J connectivity index is 1.84. The molecule has 3 rings (SSSR count). The highest BCUT2D eigenvalue weighted by Crippen LogP contribution is 2.30. The summed E-state index contributed by atoms with van der Waals surface area (Å²) in [7, 11) is 1.76. The van der Waals surface area contributed by atoms with E-state index in [0.717, 1.165) is 18.7 Å². The first-order chi connectivity index (χ1) is 9.38. The van der Waals surface area contributed by atoms with E-state index in [9.17, 15) is 0 Å². The second-order valence-electron chi connectivity index (χ2n) is 4.71. The minimum absolute atomic E-state index is 0.0369. The van der Waals surface area contributed by atoms with Crippen LogP contribution in [0, 0.1) is 0 Å². The highest BCUT2D eigenvalue weighted by Gasteiger charge is 2.26. The Morgan fingerprint density at radius 2 is 1.79 bits per heavy atom. The van der Waals surface area contributed by atoms with Gasteiger partial charge in [-0.2, -0.15) is 5.01 Å². The van der Waals surface area contributed by atoms with Gasteiger partial charge in [-0.05, 0) is 24.1 Å². The maximum atomic E-state index is 5.67. The largest absolute Gasteiger partial charge is 0.360 e. The van der Waals surface area contributed by atoms with Crippen molar-refractivity contribution in [1.29, 1.82) is 0 Å². The Bertz CT molecular complexity index is 541. The van der Waals surface area contributed by atoms with Gasteiger partial charge in [-0.25, -0.2) is 0 Å². The van der Waals surface area contributed by atoms with Crippen LogP contribution < -0.4 is 5.43 Å². The highest BCUT2D eigenvalue weighted by atomic mass is 16.5. The van der Waals surface area contributed by atoms with E-state index in [-0.39, 0.29) is 6.23 Å². The molecular weight excluding hydrogens is 236 g/mol. The lowest BCUT2D eigenvalue weighted by Gasteiger charge is -2.36. The Hall–Kier alpha value is -1.84. The number of hydrazine groups is 1. The number of nitrogens with zero attached hydrogens (tertiary/aromatic N) is 1. The fourth-order valence-electron chi connectivity index (χ4n) is 2.58. The summed E-state index contributed by atoms with van der Waals surface area (Å²) >= 11 is 0. The smallest absolute Gasteiger partial charge is 0.152 e. The van der Waals surface area contributed by atoms with E-state index in [1.165, 1.54) is 11.1 Å². The molecule has 2 aromatic carbocycles. The molecule has 0 saturated heterocycles. The average Bonchev–Trinajstić information content (AvgIpc) is 2.48. The third-order valence-corrected chi connectivity index (χ3v) is 3.50. The maximum absolute atomic E-state index is 5.67. The lowest BCUT2D eigenvalue weighted by molar-refractivity contribution is -0.0272. The molecule has 1 aliphatic rings. The molecule has 0 fully saturated rings. The molecule has 19 heavy (non-hydrogen) atoms. The van der Waals surface area contributed by atoms with E-state index in [1.54, 1.807) is 7.11 Å². The van der Waals surface area contributed by atoms with Gasteiger partial charge in [0.25, 0.3) is 0 Å². The fourth-order valence-corrected chi connectivity index (χ4v) is 2.58. The zero-order valence-electron chi connectivity index (χ0n) is 11.0. The molecule has 3 nitrogen and oxygen atoms in total. The first kappa shape index (κ1) is 12.2. The molecule has 0 unspecified atom stereocenters. The van der Waals surface area contributed by atoms with E-state index >= 15 is 0 Å². The Labute approximate surface area is 113 Å². The highest BCUT2D eigenvalue weighted by molar-refractivity contribution is 5.42. The maximum Gasteiger partial charge on any atom is 0.152 e. The molecule has 98 valence electrons. The van der Waals surface area contributed by atoms with Gasteiger partial charge < -0.3 is 10.2 Å². The van der Waals surface area contributed by atoms with Gasteiger partial charge in [0.1, 0.15) is 0 Å². The Morgan fingerprint density at radius 1 is 1.05 bits per heavy atom. The van der Waals surface area contributed by atoms with Gasteiger partial charge in [-0.1, -0.05) is 42.5 Å². The van der Waals surface area contributed by atoms with Crippen molar-refractivity contribution in [3.05, 3.63) is 65.7 Å². The molecule has 1 N–H and O–H groups in total. The minimum Gasteiger partial charge on any atom is -0.360 e. The number of anilines is 1. The molecule has 0 aliphatic carbocycles. The summed E-state index contributed by atoms with van der Waals surface area (Å²) in [6.07, 6.45) is 1.00. The molecule has 0 saturated carbocycles. The van der Waals surface area contributed by atoms with E-state index in [4.69, 9.17) is 4.74 Å². The molecule has 2 aromatic rings. The SMILES string of the molecule is CO[C@H]1c2ccccc2CCN1Nc1ccccc1. The summed E-state index contributed by atoms with van der Waals surface area (Å²) in [5.41, 5.74) is 7.14. The molecule has 1 heterocycles. The van der Waals surface area contributed by atoms with Crippen molar-refractivity contribution >= 4 is 5.69 Å². The molecule has 0 bridgehead atoms. The Kier molecular flexibility index (Phi) is 3.49. The van der Waals surface area contributed by atoms with Crippen LogP contribution in [-0.4, -0.2) is 18.7 Å². The third kappa shape index (κ3) is 2.48. The minimum atomic E-state index is -0.0369. The number of benzene rings is 2. The molecule has 0 amide bonds. The number of hydrogen-bond donors (Lipinski definition) is 1. The van der Waals surface area contributed by atoms with Crippen molar-refractivity contribution in [3.63, 3.8) is 0 Å². The van der Waals surface area contributed by atoms with Crippen LogP contribution in [0.15, 0.2) is 54.6 Å². The van der Waals surface area contributed by atoms with Gasteiger partial charge in [-0.3, -0.25) is 0 Å². The first-order valence-corrected chi connectivity index (χ1v) is 6.57. The zero-order valence-corrected chi connectivity index (χ0v) is 11.0. The van der Waals surface area contributed by atoms with Crippen LogP contribution in [0.3, 0.4) is 0 Å². The summed E-state index contributed by atoms with van der Waals surface area (Å²) in [6.45, 7) is 0.935. The van der Waals surface area contributed by atoms with Crippen molar-refractivity contribution in [2.24, 2.45) is 0 Å². The predicted molar refractivity (Wildman–Crippen MR) is 76.7 cm³/mol. The summed E-state index contributed by atoms with van der Waals surface area (Å²) in [4.78, 5) is 0. The van der Waals surface area contributed by atoms with Crippen LogP contribution >= 0.6 is 0 Å². The van der Waals surface area contributed by atoms with Crippen LogP contribution in [0.2, 0.25) is 0 Å². The number of rotatable bonds is 3. The predicted octanol–water partition coefficient (Wildman–Crippen LogP) is 3.22. The quantitative estimate of drug-likeness (QED) is 0.910. The topological polar surface area (TPSA) is 24.5 Å². The number of para-hydroxylation sites is 1. The molecule has 1 atom stereocenters. The summed E-state index contributed by atoms with van der Waals surface area (Å²) in [5, 5.41) is 2.15. The number of nitrogens with one attached hydrogen (secondary N) is 1. The van der Waals surface area contributed by atoms with E-state index in [0.29, 0.717) is 0 Å². The van der Waals surface area contributed by atoms with Crippen molar-refractivity contribution in [2.75, 3.05) is 19.1 Å². The van der Waals surface area contributed by atoms with Crippen molar-refractivity contribution < 1.29 is 4.74 Å². The molecule has 3 heteroatoms.